The Morgan fingerprint density at radius 2 is 2.21 bits per heavy atom. The molecule has 0 aliphatic heterocycles. The Morgan fingerprint density at radius 1 is 1.42 bits per heavy atom. The number of hydrogen-bond acceptors (Lipinski definition) is 5. The van der Waals surface area contributed by atoms with E-state index in [4.69, 9.17) is 16.3 Å². The number of para-hydroxylation sites is 1. The molecular weight excluding hydrogens is 350 g/mol. The van der Waals surface area contributed by atoms with E-state index >= 15 is 0 Å². The molecule has 0 saturated carbocycles. The molecule has 0 aliphatic rings. The number of esters is 1. The number of fused-ring (bicyclic) bond motifs is 1. The van der Waals surface area contributed by atoms with Gasteiger partial charge in [-0.25, -0.2) is 9.78 Å². The summed E-state index contributed by atoms with van der Waals surface area (Å²) in [6, 6.07) is 7.14. The van der Waals surface area contributed by atoms with Gasteiger partial charge in [0.25, 0.3) is 5.91 Å². The third-order valence-corrected chi connectivity index (χ3v) is 4.70. The summed E-state index contributed by atoms with van der Waals surface area (Å²) in [6.45, 7) is 3.72. The number of nitrogens with one attached hydrogen (secondary N) is 2. The van der Waals surface area contributed by atoms with E-state index in [1.165, 1.54) is 0 Å². The predicted octanol–water partition coefficient (Wildman–Crippen LogP) is 4.02. The van der Waals surface area contributed by atoms with E-state index in [-0.39, 0.29) is 12.5 Å². The van der Waals surface area contributed by atoms with E-state index in [0.29, 0.717) is 31.9 Å². The van der Waals surface area contributed by atoms with Crippen molar-refractivity contribution in [1.29, 1.82) is 0 Å². The van der Waals surface area contributed by atoms with Gasteiger partial charge in [-0.3, -0.25) is 10.1 Å². The first-order valence-corrected chi connectivity index (χ1v) is 8.42. The molecule has 2 aromatic heterocycles. The Balaban J connectivity index is 1.82. The molecule has 0 radical (unpaired) electrons. The van der Waals surface area contributed by atoms with Crippen LogP contribution in [0, 0.1) is 6.92 Å². The van der Waals surface area contributed by atoms with Crippen LogP contribution in [0.3, 0.4) is 0 Å². The lowest BCUT2D eigenvalue weighted by Crippen LogP contribution is -2.11. The SMILES string of the molecule is CCOC(=O)c1sc(NC(=O)c2cc3cccc(Cl)c3[nH]2)nc1C. The molecule has 0 unspecified atom stereocenters. The highest BCUT2D eigenvalue weighted by Crippen LogP contribution is 2.26. The first-order chi connectivity index (χ1) is 11.5. The molecule has 0 saturated heterocycles. The van der Waals surface area contributed by atoms with Gasteiger partial charge >= 0.3 is 5.97 Å². The van der Waals surface area contributed by atoms with Crippen LogP contribution in [0.5, 0.6) is 0 Å². The minimum Gasteiger partial charge on any atom is -0.462 e. The second-order valence-corrected chi connectivity index (χ2v) is 6.40. The number of carbonyl (C=O) groups excluding carboxylic acids is 2. The highest BCUT2D eigenvalue weighted by Gasteiger charge is 2.18. The second kappa shape index (κ2) is 6.62. The third-order valence-electron chi connectivity index (χ3n) is 3.33. The van der Waals surface area contributed by atoms with Crippen LogP contribution in [-0.2, 0) is 4.74 Å². The van der Waals surface area contributed by atoms with Gasteiger partial charge in [-0.05, 0) is 26.0 Å². The fourth-order valence-electron chi connectivity index (χ4n) is 2.24. The molecule has 0 bridgehead atoms. The van der Waals surface area contributed by atoms with Crippen LogP contribution in [0.25, 0.3) is 10.9 Å². The quantitative estimate of drug-likeness (QED) is 0.686. The fourth-order valence-corrected chi connectivity index (χ4v) is 3.33. The highest BCUT2D eigenvalue weighted by molar-refractivity contribution is 7.17. The van der Waals surface area contributed by atoms with E-state index in [1.54, 1.807) is 26.0 Å². The van der Waals surface area contributed by atoms with Crippen molar-refractivity contribution in [3.05, 3.63) is 45.6 Å². The Morgan fingerprint density at radius 3 is 2.92 bits per heavy atom. The summed E-state index contributed by atoms with van der Waals surface area (Å²) in [5, 5.41) is 4.41. The van der Waals surface area contributed by atoms with Crippen molar-refractivity contribution in [3.8, 4) is 0 Å². The number of aromatic nitrogens is 2. The van der Waals surface area contributed by atoms with Crippen molar-refractivity contribution in [3.63, 3.8) is 0 Å². The van der Waals surface area contributed by atoms with Gasteiger partial charge in [-0.15, -0.1) is 0 Å². The molecule has 124 valence electrons. The molecule has 3 rings (SSSR count). The number of nitrogens with zero attached hydrogens (tertiary/aromatic N) is 1. The summed E-state index contributed by atoms with van der Waals surface area (Å²) in [5.74, 6) is -0.795. The average Bonchev–Trinajstić information content (AvgIpc) is 3.12. The van der Waals surface area contributed by atoms with Crippen LogP contribution in [0.15, 0.2) is 24.3 Å². The van der Waals surface area contributed by atoms with E-state index in [9.17, 15) is 9.59 Å². The van der Waals surface area contributed by atoms with Gasteiger partial charge in [-0.1, -0.05) is 35.1 Å². The largest absolute Gasteiger partial charge is 0.462 e. The van der Waals surface area contributed by atoms with Gasteiger partial charge in [0.15, 0.2) is 5.13 Å². The van der Waals surface area contributed by atoms with Crippen LogP contribution in [0.1, 0.15) is 32.8 Å². The van der Waals surface area contributed by atoms with Gasteiger partial charge < -0.3 is 9.72 Å². The zero-order valence-corrected chi connectivity index (χ0v) is 14.5. The molecule has 1 aromatic carbocycles. The molecule has 0 aliphatic carbocycles. The topological polar surface area (TPSA) is 84.1 Å². The molecule has 0 fully saturated rings. The molecule has 3 aromatic rings. The monoisotopic (exact) mass is 363 g/mol. The van der Waals surface area contributed by atoms with Crippen molar-refractivity contribution in [2.45, 2.75) is 13.8 Å². The van der Waals surface area contributed by atoms with Gasteiger partial charge in [-0.2, -0.15) is 0 Å². The number of aromatic amines is 1. The number of anilines is 1. The number of carbonyl (C=O) groups is 2. The third kappa shape index (κ3) is 3.13. The maximum absolute atomic E-state index is 12.4. The van der Waals surface area contributed by atoms with E-state index < -0.39 is 5.97 Å². The van der Waals surface area contributed by atoms with Crippen molar-refractivity contribution < 1.29 is 14.3 Å². The van der Waals surface area contributed by atoms with Crippen LogP contribution in [0.2, 0.25) is 5.02 Å². The molecule has 2 heterocycles. The van der Waals surface area contributed by atoms with Crippen LogP contribution in [-0.4, -0.2) is 28.5 Å². The molecular formula is C16H14ClN3O3S. The number of thiazole rings is 1. The van der Waals surface area contributed by atoms with Crippen LogP contribution >= 0.6 is 22.9 Å². The Labute approximate surface area is 146 Å². The minimum absolute atomic E-state index is 0.285. The normalized spacial score (nSPS) is 10.8. The van der Waals surface area contributed by atoms with E-state index in [1.807, 2.05) is 12.1 Å². The van der Waals surface area contributed by atoms with Crippen LogP contribution < -0.4 is 5.32 Å². The lowest BCUT2D eigenvalue weighted by molar-refractivity contribution is 0.0531. The average molecular weight is 364 g/mol. The number of benzene rings is 1. The van der Waals surface area contributed by atoms with Crippen molar-refractivity contribution in [2.75, 3.05) is 11.9 Å². The number of halogens is 1. The number of hydrogen-bond donors (Lipinski definition) is 2. The molecule has 1 amide bonds. The number of aryl methyl sites for hydroxylation is 1. The highest BCUT2D eigenvalue weighted by atomic mass is 35.5. The van der Waals surface area contributed by atoms with Crippen molar-refractivity contribution in [1.82, 2.24) is 9.97 Å². The number of H-pyrrole nitrogens is 1. The first kappa shape index (κ1) is 16.5. The van der Waals surface area contributed by atoms with E-state index in [2.05, 4.69) is 15.3 Å². The summed E-state index contributed by atoms with van der Waals surface area (Å²) in [7, 11) is 0. The molecule has 0 atom stereocenters. The predicted molar refractivity (Wildman–Crippen MR) is 94.1 cm³/mol. The number of rotatable bonds is 4. The summed E-state index contributed by atoms with van der Waals surface area (Å²) in [5.41, 5.74) is 1.59. The van der Waals surface area contributed by atoms with Crippen LogP contribution in [0.4, 0.5) is 5.13 Å². The number of amides is 1. The maximum atomic E-state index is 12.4. The minimum atomic E-state index is -0.439. The van der Waals surface area contributed by atoms with Gasteiger partial charge in [0.2, 0.25) is 0 Å². The standard InChI is InChI=1S/C16H14ClN3O3S/c1-3-23-15(22)13-8(2)18-16(24-13)20-14(21)11-7-9-5-4-6-10(17)12(9)19-11/h4-7,19H,3H2,1-2H3,(H,18,20,21). The smallest absolute Gasteiger partial charge is 0.350 e. The lowest BCUT2D eigenvalue weighted by atomic mass is 10.2. The summed E-state index contributed by atoms with van der Waals surface area (Å²) in [6.07, 6.45) is 0. The lowest BCUT2D eigenvalue weighted by Gasteiger charge is -1.98. The summed E-state index contributed by atoms with van der Waals surface area (Å²) in [4.78, 5) is 31.7. The Hall–Kier alpha value is -2.38. The second-order valence-electron chi connectivity index (χ2n) is 5.00. The molecule has 2 N–H and O–H groups in total. The first-order valence-electron chi connectivity index (χ1n) is 7.22. The molecule has 0 spiro atoms. The molecule has 24 heavy (non-hydrogen) atoms. The maximum Gasteiger partial charge on any atom is 0.350 e. The van der Waals surface area contributed by atoms with Gasteiger partial charge in [0.05, 0.1) is 22.8 Å². The number of ether oxygens (including phenoxy) is 1. The Kier molecular flexibility index (Phi) is 4.55. The molecule has 6 nitrogen and oxygen atoms in total. The van der Waals surface area contributed by atoms with E-state index in [0.717, 1.165) is 16.7 Å². The fraction of sp³-hybridized carbons (Fsp3) is 0.188. The Bertz CT molecular complexity index is 932. The molecule has 8 heteroatoms. The van der Waals surface area contributed by atoms with Gasteiger partial charge in [0.1, 0.15) is 10.6 Å². The zero-order chi connectivity index (χ0) is 17.3. The van der Waals surface area contributed by atoms with Crippen molar-refractivity contribution in [2.24, 2.45) is 0 Å². The zero-order valence-electron chi connectivity index (χ0n) is 13.0. The van der Waals surface area contributed by atoms with Gasteiger partial charge in [0, 0.05) is 5.39 Å². The summed E-state index contributed by atoms with van der Waals surface area (Å²) >= 11 is 7.18. The van der Waals surface area contributed by atoms with Crippen molar-refractivity contribution >= 4 is 50.8 Å². The summed E-state index contributed by atoms with van der Waals surface area (Å²) < 4.78 is 4.96.